The van der Waals surface area contributed by atoms with E-state index in [1.807, 2.05) is 12.4 Å². The number of rotatable bonds is 5. The fourth-order valence-electron chi connectivity index (χ4n) is 4.73. The Morgan fingerprint density at radius 1 is 1.11 bits per heavy atom. The van der Waals surface area contributed by atoms with E-state index < -0.39 is 13.4 Å². The summed E-state index contributed by atoms with van der Waals surface area (Å²) in [6, 6.07) is 11.0. The number of nitrogens with zero attached hydrogens (tertiary/aromatic N) is 1. The van der Waals surface area contributed by atoms with Crippen LogP contribution in [0.15, 0.2) is 42.7 Å². The summed E-state index contributed by atoms with van der Waals surface area (Å²) in [5, 5.41) is 0. The van der Waals surface area contributed by atoms with E-state index in [4.69, 9.17) is 15.5 Å². The maximum atomic E-state index is 11.0. The first-order valence-electron chi connectivity index (χ1n) is 9.82. The van der Waals surface area contributed by atoms with E-state index in [-0.39, 0.29) is 6.61 Å². The van der Waals surface area contributed by atoms with Crippen LogP contribution in [0.2, 0.25) is 0 Å². The van der Waals surface area contributed by atoms with Gasteiger partial charge in [-0.15, -0.1) is 0 Å². The minimum Gasteiger partial charge on any atom is -0.323 e. The molecule has 1 saturated carbocycles. The summed E-state index contributed by atoms with van der Waals surface area (Å²) in [6.07, 6.45) is 9.30. The van der Waals surface area contributed by atoms with E-state index in [2.05, 4.69) is 39.8 Å². The van der Waals surface area contributed by atoms with Gasteiger partial charge in [-0.05, 0) is 84.7 Å². The Hall–Kier alpha value is -1.56. The third-order valence-corrected chi connectivity index (χ3v) is 6.74. The quantitative estimate of drug-likeness (QED) is 0.662. The zero-order valence-corrected chi connectivity index (χ0v) is 16.7. The van der Waals surface area contributed by atoms with E-state index in [0.29, 0.717) is 24.7 Å². The molecule has 0 aliphatic heterocycles. The Labute approximate surface area is 165 Å². The van der Waals surface area contributed by atoms with Crippen molar-refractivity contribution in [3.05, 3.63) is 65.0 Å². The van der Waals surface area contributed by atoms with Crippen molar-refractivity contribution < 1.29 is 18.9 Å². The highest BCUT2D eigenvalue weighted by Crippen LogP contribution is 2.44. The summed E-state index contributed by atoms with van der Waals surface area (Å²) in [7, 11) is -4.48. The number of aryl methyl sites for hydroxylation is 1. The van der Waals surface area contributed by atoms with Crippen LogP contribution in [0, 0.1) is 0 Å². The number of benzene rings is 1. The number of aromatic nitrogens is 1. The molecule has 0 saturated heterocycles. The number of fused-ring (bicyclic) bond motifs is 1. The molecule has 28 heavy (non-hydrogen) atoms. The molecule has 2 aromatic rings. The summed E-state index contributed by atoms with van der Waals surface area (Å²) in [6.45, 7) is -0.105. The largest absolute Gasteiger partial charge is 0.469 e. The van der Waals surface area contributed by atoms with Crippen LogP contribution in [0.5, 0.6) is 0 Å². The van der Waals surface area contributed by atoms with Crippen LogP contribution < -0.4 is 5.73 Å². The summed E-state index contributed by atoms with van der Waals surface area (Å²) in [4.78, 5) is 22.0. The Kier molecular flexibility index (Phi) is 5.43. The SMILES string of the molecule is N[C@]1(COP(=O)(O)O)CC[C@H](c2ccc3c(c2)CCC(c2ccncc2)C3)C1. The second-order valence-corrected chi connectivity index (χ2v) is 9.55. The van der Waals surface area contributed by atoms with Crippen molar-refractivity contribution in [1.82, 2.24) is 4.98 Å². The van der Waals surface area contributed by atoms with Gasteiger partial charge in [0.15, 0.2) is 0 Å². The van der Waals surface area contributed by atoms with Crippen LogP contribution in [0.25, 0.3) is 0 Å². The normalized spacial score (nSPS) is 27.5. The first kappa shape index (κ1) is 19.7. The molecule has 6 nitrogen and oxygen atoms in total. The predicted molar refractivity (Wildman–Crippen MR) is 107 cm³/mol. The number of phosphoric ester groups is 1. The fourth-order valence-corrected chi connectivity index (χ4v) is 5.16. The van der Waals surface area contributed by atoms with Crippen molar-refractivity contribution in [1.29, 1.82) is 0 Å². The summed E-state index contributed by atoms with van der Waals surface area (Å²) >= 11 is 0. The Balaban J connectivity index is 1.44. The molecule has 1 fully saturated rings. The average Bonchev–Trinajstić information content (AvgIpc) is 3.09. The van der Waals surface area contributed by atoms with Gasteiger partial charge in [0.2, 0.25) is 0 Å². The van der Waals surface area contributed by atoms with E-state index >= 15 is 0 Å². The highest BCUT2D eigenvalue weighted by molar-refractivity contribution is 7.46. The van der Waals surface area contributed by atoms with Crippen LogP contribution in [-0.4, -0.2) is 26.9 Å². The molecule has 150 valence electrons. The van der Waals surface area contributed by atoms with Crippen molar-refractivity contribution in [2.45, 2.75) is 55.9 Å². The number of hydrogen-bond donors (Lipinski definition) is 3. The van der Waals surface area contributed by atoms with E-state index in [0.717, 1.165) is 25.7 Å². The van der Waals surface area contributed by atoms with E-state index in [1.165, 1.54) is 22.3 Å². The standard InChI is InChI=1S/C21H27N2O4P/c22-21(14-27-28(24,25)26)8-5-20(13-21)19-4-3-17-11-16(1-2-18(17)12-19)15-6-9-23-10-7-15/h3-4,6-7,9-10,12,16,20H,1-2,5,8,11,13-14,22H2,(H2,24,25,26)/t16?,20-,21+/m0/s1. The maximum absolute atomic E-state index is 11.0. The minimum atomic E-state index is -4.48. The number of pyridine rings is 1. The number of phosphoric acid groups is 1. The molecule has 3 atom stereocenters. The van der Waals surface area contributed by atoms with Crippen LogP contribution >= 0.6 is 7.82 Å². The maximum Gasteiger partial charge on any atom is 0.469 e. The monoisotopic (exact) mass is 402 g/mol. The zero-order valence-electron chi connectivity index (χ0n) is 15.8. The first-order chi connectivity index (χ1) is 13.3. The van der Waals surface area contributed by atoms with Crippen molar-refractivity contribution in [3.63, 3.8) is 0 Å². The molecule has 0 spiro atoms. The first-order valence-corrected chi connectivity index (χ1v) is 11.3. The average molecular weight is 402 g/mol. The molecule has 2 aliphatic carbocycles. The number of nitrogens with two attached hydrogens (primary N) is 1. The fraction of sp³-hybridized carbons (Fsp3) is 0.476. The molecule has 2 aliphatic rings. The van der Waals surface area contributed by atoms with Gasteiger partial charge in [-0.1, -0.05) is 18.2 Å². The molecule has 7 heteroatoms. The van der Waals surface area contributed by atoms with Gasteiger partial charge in [0, 0.05) is 17.9 Å². The third-order valence-electron chi connectivity index (χ3n) is 6.27. The zero-order chi connectivity index (χ0) is 19.8. The van der Waals surface area contributed by atoms with Gasteiger partial charge in [-0.3, -0.25) is 9.51 Å². The topological polar surface area (TPSA) is 106 Å². The van der Waals surface area contributed by atoms with Gasteiger partial charge in [0.05, 0.1) is 6.61 Å². The van der Waals surface area contributed by atoms with Gasteiger partial charge < -0.3 is 15.5 Å². The molecule has 0 bridgehead atoms. The van der Waals surface area contributed by atoms with Crippen LogP contribution in [0.4, 0.5) is 0 Å². The molecular weight excluding hydrogens is 375 g/mol. The van der Waals surface area contributed by atoms with Gasteiger partial charge >= 0.3 is 7.82 Å². The highest BCUT2D eigenvalue weighted by atomic mass is 31.2. The van der Waals surface area contributed by atoms with Gasteiger partial charge in [-0.25, -0.2) is 4.57 Å². The van der Waals surface area contributed by atoms with Crippen LogP contribution in [-0.2, 0) is 21.9 Å². The summed E-state index contributed by atoms with van der Waals surface area (Å²) in [5.41, 5.74) is 11.1. The molecule has 1 aromatic carbocycles. The molecule has 4 N–H and O–H groups in total. The predicted octanol–water partition coefficient (Wildman–Crippen LogP) is 3.43. The van der Waals surface area contributed by atoms with Crippen molar-refractivity contribution >= 4 is 7.82 Å². The van der Waals surface area contributed by atoms with Gasteiger partial charge in [0.1, 0.15) is 0 Å². The third kappa shape index (κ3) is 4.53. The Morgan fingerprint density at radius 2 is 1.89 bits per heavy atom. The van der Waals surface area contributed by atoms with Crippen LogP contribution in [0.1, 0.15) is 59.8 Å². The van der Waals surface area contributed by atoms with Crippen molar-refractivity contribution in [2.75, 3.05) is 6.61 Å². The second kappa shape index (κ2) is 7.69. The summed E-state index contributed by atoms with van der Waals surface area (Å²) < 4.78 is 15.7. The second-order valence-electron chi connectivity index (χ2n) is 8.31. The highest BCUT2D eigenvalue weighted by Gasteiger charge is 2.38. The molecule has 0 radical (unpaired) electrons. The lowest BCUT2D eigenvalue weighted by molar-refractivity contribution is 0.153. The molecule has 1 unspecified atom stereocenters. The minimum absolute atomic E-state index is 0.105. The van der Waals surface area contributed by atoms with Gasteiger partial charge in [-0.2, -0.15) is 0 Å². The van der Waals surface area contributed by atoms with E-state index in [9.17, 15) is 4.57 Å². The molecule has 1 heterocycles. The molecule has 4 rings (SSSR count). The van der Waals surface area contributed by atoms with E-state index in [1.54, 1.807) is 0 Å². The Morgan fingerprint density at radius 3 is 2.64 bits per heavy atom. The molecular formula is C21H27N2O4P. The van der Waals surface area contributed by atoms with Crippen molar-refractivity contribution in [2.24, 2.45) is 5.73 Å². The summed E-state index contributed by atoms with van der Waals surface area (Å²) in [5.74, 6) is 0.864. The number of hydrogen-bond acceptors (Lipinski definition) is 4. The molecule has 1 aromatic heterocycles. The lowest BCUT2D eigenvalue weighted by Crippen LogP contribution is -2.41. The molecule has 0 amide bonds. The lowest BCUT2D eigenvalue weighted by Gasteiger charge is -2.27. The van der Waals surface area contributed by atoms with Crippen LogP contribution in [0.3, 0.4) is 0 Å². The smallest absolute Gasteiger partial charge is 0.323 e. The lowest BCUT2D eigenvalue weighted by atomic mass is 9.79. The van der Waals surface area contributed by atoms with Crippen molar-refractivity contribution in [3.8, 4) is 0 Å². The Bertz CT molecular complexity index is 885. The van der Waals surface area contributed by atoms with Gasteiger partial charge in [0.25, 0.3) is 0 Å².